The molecular weight excluding hydrogens is 529 g/mol. The average Bonchev–Trinajstić information content (AvgIpc) is 3.54. The Morgan fingerprint density at radius 3 is 2.48 bits per heavy atom. The standard InChI is InChI=1S/C29H31F3N2O6/c1-26(2)14-38-27(3,4)23-17-10-19(18(30)11-20(17)34(24(23)26)12-16(36)13-35)33-25(37)28(7-8-28)15-5-6-21-22(9-15)40-29(31,32)39-21/h5-6,9-11,16,35-36H,7-8,12-14H2,1-4H3,(H,33,37). The summed E-state index contributed by atoms with van der Waals surface area (Å²) in [5, 5.41) is 23.2. The van der Waals surface area contributed by atoms with Crippen LogP contribution < -0.4 is 14.8 Å². The molecule has 1 unspecified atom stereocenters. The summed E-state index contributed by atoms with van der Waals surface area (Å²) in [5.41, 5.74) is 0.400. The Morgan fingerprint density at radius 2 is 1.80 bits per heavy atom. The number of halogens is 3. The van der Waals surface area contributed by atoms with Crippen LogP contribution in [0.5, 0.6) is 11.5 Å². The third-order valence-corrected chi connectivity index (χ3v) is 8.18. The lowest BCUT2D eigenvalue weighted by Crippen LogP contribution is -2.41. The second kappa shape index (κ2) is 8.61. The molecule has 3 N–H and O–H groups in total. The summed E-state index contributed by atoms with van der Waals surface area (Å²) in [7, 11) is 0. The van der Waals surface area contributed by atoms with E-state index in [1.807, 2.05) is 32.3 Å². The Bertz CT molecular complexity index is 1540. The third-order valence-electron chi connectivity index (χ3n) is 8.18. The maximum Gasteiger partial charge on any atom is 0.586 e. The van der Waals surface area contributed by atoms with E-state index < -0.39 is 47.2 Å². The van der Waals surface area contributed by atoms with Crippen molar-refractivity contribution in [3.05, 3.63) is 53.0 Å². The van der Waals surface area contributed by atoms with E-state index in [0.717, 1.165) is 11.3 Å². The molecule has 1 fully saturated rings. The minimum atomic E-state index is -3.77. The van der Waals surface area contributed by atoms with Gasteiger partial charge in [0.05, 0.1) is 48.1 Å². The number of fused-ring (bicyclic) bond motifs is 4. The second-order valence-electron chi connectivity index (χ2n) is 12.1. The van der Waals surface area contributed by atoms with E-state index in [9.17, 15) is 23.8 Å². The van der Waals surface area contributed by atoms with Gasteiger partial charge in [-0.25, -0.2) is 4.39 Å². The van der Waals surface area contributed by atoms with Gasteiger partial charge in [-0.2, -0.15) is 0 Å². The van der Waals surface area contributed by atoms with Crippen LogP contribution >= 0.6 is 0 Å². The summed E-state index contributed by atoms with van der Waals surface area (Å²) in [4.78, 5) is 13.5. The van der Waals surface area contributed by atoms with Crippen LogP contribution in [-0.2, 0) is 32.5 Å². The smallest absolute Gasteiger partial charge is 0.395 e. The highest BCUT2D eigenvalue weighted by Gasteiger charge is 2.53. The van der Waals surface area contributed by atoms with Gasteiger partial charge in [0.1, 0.15) is 5.82 Å². The molecule has 3 aliphatic rings. The maximum absolute atomic E-state index is 15.6. The molecule has 40 heavy (non-hydrogen) atoms. The number of ether oxygens (including phenoxy) is 3. The van der Waals surface area contributed by atoms with E-state index in [1.54, 1.807) is 12.1 Å². The number of rotatable bonds is 6. The molecule has 0 bridgehead atoms. The van der Waals surface area contributed by atoms with Crippen molar-refractivity contribution in [2.24, 2.45) is 0 Å². The SMILES string of the molecule is CC1(C)COC(C)(C)c2c1n(CC(O)CO)c1cc(F)c(NC(=O)C3(c4ccc5c(c4)OC(F)(F)O5)CC3)cc21. The van der Waals surface area contributed by atoms with Gasteiger partial charge in [-0.15, -0.1) is 8.78 Å². The number of hydrogen-bond acceptors (Lipinski definition) is 6. The summed E-state index contributed by atoms with van der Waals surface area (Å²) in [5.74, 6) is -1.41. The first kappa shape index (κ1) is 26.9. The van der Waals surface area contributed by atoms with Crippen molar-refractivity contribution in [1.82, 2.24) is 4.57 Å². The lowest BCUT2D eigenvalue weighted by atomic mass is 9.79. The van der Waals surface area contributed by atoms with E-state index >= 15 is 4.39 Å². The molecule has 11 heteroatoms. The molecule has 214 valence electrons. The quantitative estimate of drug-likeness (QED) is 0.405. The topological polar surface area (TPSA) is 102 Å². The molecule has 2 aromatic carbocycles. The van der Waals surface area contributed by atoms with Gasteiger partial charge in [-0.05, 0) is 50.5 Å². The first-order valence-electron chi connectivity index (χ1n) is 13.2. The fraction of sp³-hybridized carbons (Fsp3) is 0.483. The van der Waals surface area contributed by atoms with Gasteiger partial charge in [0, 0.05) is 28.1 Å². The van der Waals surface area contributed by atoms with Crippen LogP contribution in [0.1, 0.15) is 57.4 Å². The molecule has 1 atom stereocenters. The number of nitrogens with one attached hydrogen (secondary N) is 1. The van der Waals surface area contributed by atoms with Crippen LogP contribution in [-0.4, -0.2) is 46.3 Å². The minimum Gasteiger partial charge on any atom is -0.395 e. The number of aromatic nitrogens is 1. The Morgan fingerprint density at radius 1 is 1.10 bits per heavy atom. The summed E-state index contributed by atoms with van der Waals surface area (Å²) in [6.07, 6.45) is -3.91. The lowest BCUT2D eigenvalue weighted by molar-refractivity contribution is -0.286. The number of hydrogen-bond donors (Lipinski definition) is 3. The molecule has 8 nitrogen and oxygen atoms in total. The van der Waals surface area contributed by atoms with Crippen LogP contribution in [0.25, 0.3) is 10.9 Å². The molecular formula is C29H31F3N2O6. The highest BCUT2D eigenvalue weighted by atomic mass is 19.3. The van der Waals surface area contributed by atoms with Crippen LogP contribution in [0.15, 0.2) is 30.3 Å². The van der Waals surface area contributed by atoms with Crippen LogP contribution in [0.4, 0.5) is 18.9 Å². The van der Waals surface area contributed by atoms with Crippen molar-refractivity contribution < 1.29 is 42.4 Å². The number of amides is 1. The fourth-order valence-electron chi connectivity index (χ4n) is 6.00. The van der Waals surface area contributed by atoms with Crippen LogP contribution in [0, 0.1) is 5.82 Å². The molecule has 0 spiro atoms. The summed E-state index contributed by atoms with van der Waals surface area (Å²) in [6.45, 7) is 7.82. The van der Waals surface area contributed by atoms with Gasteiger partial charge in [-0.3, -0.25) is 4.79 Å². The lowest BCUT2D eigenvalue weighted by Gasteiger charge is -2.41. The predicted molar refractivity (Wildman–Crippen MR) is 139 cm³/mol. The highest BCUT2D eigenvalue weighted by Crippen LogP contribution is 2.53. The van der Waals surface area contributed by atoms with Crippen LogP contribution in [0.3, 0.4) is 0 Å². The normalized spacial score (nSPS) is 21.6. The van der Waals surface area contributed by atoms with E-state index in [1.165, 1.54) is 18.2 Å². The molecule has 1 amide bonds. The van der Waals surface area contributed by atoms with Gasteiger partial charge in [0.2, 0.25) is 5.91 Å². The van der Waals surface area contributed by atoms with Crippen molar-refractivity contribution in [2.45, 2.75) is 75.9 Å². The number of aliphatic hydroxyl groups excluding tert-OH is 2. The number of aliphatic hydroxyl groups is 2. The number of alkyl halides is 2. The Labute approximate surface area is 228 Å². The number of nitrogens with zero attached hydrogens (tertiary/aromatic N) is 1. The molecule has 0 saturated heterocycles. The number of anilines is 1. The van der Waals surface area contributed by atoms with Gasteiger partial charge in [0.25, 0.3) is 0 Å². The van der Waals surface area contributed by atoms with Crippen molar-refractivity contribution in [3.63, 3.8) is 0 Å². The zero-order valence-corrected chi connectivity index (χ0v) is 22.6. The molecule has 3 aromatic rings. The number of carbonyl (C=O) groups is 1. The Balaban J connectivity index is 1.40. The first-order chi connectivity index (χ1) is 18.7. The second-order valence-corrected chi connectivity index (χ2v) is 12.1. The largest absolute Gasteiger partial charge is 0.586 e. The van der Waals surface area contributed by atoms with Crippen molar-refractivity contribution >= 4 is 22.5 Å². The number of carbonyl (C=O) groups excluding carboxylic acids is 1. The zero-order valence-electron chi connectivity index (χ0n) is 22.6. The van der Waals surface area contributed by atoms with E-state index in [-0.39, 0.29) is 23.7 Å². The van der Waals surface area contributed by atoms with E-state index in [2.05, 4.69) is 14.8 Å². The van der Waals surface area contributed by atoms with E-state index in [0.29, 0.717) is 35.9 Å². The first-order valence-corrected chi connectivity index (χ1v) is 13.2. The Kier molecular flexibility index (Phi) is 5.79. The minimum absolute atomic E-state index is 0.0297. The predicted octanol–water partition coefficient (Wildman–Crippen LogP) is 4.67. The average molecular weight is 561 g/mol. The molecule has 6 rings (SSSR count). The monoisotopic (exact) mass is 560 g/mol. The fourth-order valence-corrected chi connectivity index (χ4v) is 6.00. The maximum atomic E-state index is 15.6. The van der Waals surface area contributed by atoms with Gasteiger partial charge >= 0.3 is 6.29 Å². The molecule has 1 saturated carbocycles. The van der Waals surface area contributed by atoms with Crippen molar-refractivity contribution in [2.75, 3.05) is 18.5 Å². The zero-order chi connectivity index (χ0) is 28.8. The Hall–Kier alpha value is -3.28. The summed E-state index contributed by atoms with van der Waals surface area (Å²) < 4.78 is 59.7. The molecule has 3 heterocycles. The van der Waals surface area contributed by atoms with Crippen LogP contribution in [0.2, 0.25) is 0 Å². The van der Waals surface area contributed by atoms with Gasteiger partial charge in [0.15, 0.2) is 11.5 Å². The molecule has 2 aliphatic heterocycles. The molecule has 1 aromatic heterocycles. The number of benzene rings is 2. The van der Waals surface area contributed by atoms with Gasteiger partial charge < -0.3 is 34.3 Å². The summed E-state index contributed by atoms with van der Waals surface area (Å²) in [6, 6.07) is 7.15. The van der Waals surface area contributed by atoms with Crippen molar-refractivity contribution in [3.8, 4) is 11.5 Å². The molecule has 0 radical (unpaired) electrons. The summed E-state index contributed by atoms with van der Waals surface area (Å²) >= 11 is 0. The van der Waals surface area contributed by atoms with E-state index in [4.69, 9.17) is 4.74 Å². The molecule has 1 aliphatic carbocycles. The van der Waals surface area contributed by atoms with Gasteiger partial charge in [-0.1, -0.05) is 19.9 Å². The highest BCUT2D eigenvalue weighted by molar-refractivity contribution is 6.03. The van der Waals surface area contributed by atoms with Crippen molar-refractivity contribution in [1.29, 1.82) is 0 Å². The third kappa shape index (κ3) is 4.13.